The van der Waals surface area contributed by atoms with Crippen LogP contribution in [0, 0.1) is 24.6 Å². The Bertz CT molecular complexity index is 637. The van der Waals surface area contributed by atoms with Crippen LogP contribution in [-0.2, 0) is 0 Å². The standard InChI is InChI=1S/C23H31F/c1-7-16(4)13-19-11-12-21(22(14-19)17(5)15(2)3)20-9-8-10-23(24)18(20)6/h8-10,19,21-22H,2,4-5,7,11-14H2,1,3,6H3/t19?,21?,22-/m0/s1. The molecule has 1 aromatic rings. The Labute approximate surface area is 147 Å². The maximum absolute atomic E-state index is 14.1. The van der Waals surface area contributed by atoms with Gasteiger partial charge in [0.1, 0.15) is 5.82 Å². The van der Waals surface area contributed by atoms with Crippen molar-refractivity contribution in [1.82, 2.24) is 0 Å². The van der Waals surface area contributed by atoms with Crippen LogP contribution in [0.15, 0.2) is 54.7 Å². The van der Waals surface area contributed by atoms with Crippen molar-refractivity contribution in [3.05, 3.63) is 71.6 Å². The summed E-state index contributed by atoms with van der Waals surface area (Å²) in [6.07, 6.45) is 5.52. The Morgan fingerprint density at radius 2 is 1.92 bits per heavy atom. The van der Waals surface area contributed by atoms with Crippen molar-refractivity contribution in [3.8, 4) is 0 Å². The Morgan fingerprint density at radius 3 is 2.54 bits per heavy atom. The summed E-state index contributed by atoms with van der Waals surface area (Å²) < 4.78 is 14.1. The van der Waals surface area contributed by atoms with Crippen molar-refractivity contribution in [1.29, 1.82) is 0 Å². The average Bonchev–Trinajstić information content (AvgIpc) is 2.56. The minimum Gasteiger partial charge on any atom is -0.207 e. The molecule has 0 aliphatic heterocycles. The van der Waals surface area contributed by atoms with Crippen molar-refractivity contribution >= 4 is 0 Å². The highest BCUT2D eigenvalue weighted by Gasteiger charge is 2.34. The second-order valence-electron chi connectivity index (χ2n) is 7.46. The van der Waals surface area contributed by atoms with Gasteiger partial charge in [0.25, 0.3) is 0 Å². The number of benzene rings is 1. The van der Waals surface area contributed by atoms with Gasteiger partial charge in [0.15, 0.2) is 0 Å². The summed E-state index contributed by atoms with van der Waals surface area (Å²) in [4.78, 5) is 0. The van der Waals surface area contributed by atoms with Gasteiger partial charge in [-0.1, -0.05) is 49.9 Å². The monoisotopic (exact) mass is 326 g/mol. The summed E-state index contributed by atoms with van der Waals surface area (Å²) in [7, 11) is 0. The smallest absolute Gasteiger partial charge is 0.126 e. The van der Waals surface area contributed by atoms with Crippen LogP contribution in [0.1, 0.15) is 63.0 Å². The lowest BCUT2D eigenvalue weighted by molar-refractivity contribution is 0.258. The topological polar surface area (TPSA) is 0 Å². The van der Waals surface area contributed by atoms with E-state index in [1.54, 1.807) is 6.07 Å². The molecule has 0 heterocycles. The Morgan fingerprint density at radius 1 is 1.21 bits per heavy atom. The molecule has 1 aromatic carbocycles. The highest BCUT2D eigenvalue weighted by Crippen LogP contribution is 2.47. The van der Waals surface area contributed by atoms with Crippen LogP contribution >= 0.6 is 0 Å². The third kappa shape index (κ3) is 4.06. The molecule has 1 fully saturated rings. The first-order chi connectivity index (χ1) is 11.3. The van der Waals surface area contributed by atoms with E-state index in [1.165, 1.54) is 12.0 Å². The molecule has 1 saturated carbocycles. The van der Waals surface area contributed by atoms with Gasteiger partial charge in [-0.2, -0.15) is 0 Å². The molecule has 0 nitrogen and oxygen atoms in total. The van der Waals surface area contributed by atoms with Crippen LogP contribution in [0.25, 0.3) is 0 Å². The zero-order valence-electron chi connectivity index (χ0n) is 15.5. The number of hydrogen-bond acceptors (Lipinski definition) is 0. The minimum absolute atomic E-state index is 0.103. The molecule has 0 radical (unpaired) electrons. The second kappa shape index (κ2) is 7.96. The number of hydrogen-bond donors (Lipinski definition) is 0. The van der Waals surface area contributed by atoms with Crippen LogP contribution < -0.4 is 0 Å². The van der Waals surface area contributed by atoms with Gasteiger partial charge in [-0.15, -0.1) is 0 Å². The molecule has 1 heteroatoms. The molecule has 0 amide bonds. The molecule has 0 aromatic heterocycles. The molecule has 3 atom stereocenters. The van der Waals surface area contributed by atoms with Crippen LogP contribution in [-0.4, -0.2) is 0 Å². The quantitative estimate of drug-likeness (QED) is 0.385. The second-order valence-corrected chi connectivity index (χ2v) is 7.46. The zero-order valence-corrected chi connectivity index (χ0v) is 15.5. The summed E-state index contributed by atoms with van der Waals surface area (Å²) in [6, 6.07) is 5.48. The van der Waals surface area contributed by atoms with Crippen molar-refractivity contribution in [2.24, 2.45) is 11.8 Å². The average molecular weight is 326 g/mol. The van der Waals surface area contributed by atoms with Crippen LogP contribution in [0.3, 0.4) is 0 Å². The van der Waals surface area contributed by atoms with E-state index in [1.807, 2.05) is 19.9 Å². The molecule has 1 aliphatic rings. The van der Waals surface area contributed by atoms with Crippen molar-refractivity contribution in [3.63, 3.8) is 0 Å². The first-order valence-electron chi connectivity index (χ1n) is 9.11. The fourth-order valence-corrected chi connectivity index (χ4v) is 4.10. The maximum Gasteiger partial charge on any atom is 0.126 e. The first-order valence-corrected chi connectivity index (χ1v) is 9.11. The van der Waals surface area contributed by atoms with E-state index in [0.717, 1.165) is 48.0 Å². The Balaban J connectivity index is 2.30. The van der Waals surface area contributed by atoms with E-state index in [-0.39, 0.29) is 5.82 Å². The lowest BCUT2D eigenvalue weighted by Crippen LogP contribution is -2.26. The van der Waals surface area contributed by atoms with E-state index in [4.69, 9.17) is 0 Å². The molecule has 130 valence electrons. The van der Waals surface area contributed by atoms with Crippen LogP contribution in [0.5, 0.6) is 0 Å². The van der Waals surface area contributed by atoms with Gasteiger partial charge in [0.05, 0.1) is 0 Å². The van der Waals surface area contributed by atoms with E-state index < -0.39 is 0 Å². The number of allylic oxidation sites excluding steroid dienone is 3. The fraction of sp³-hybridized carbons (Fsp3) is 0.478. The SMILES string of the molecule is C=C(CC)CC1CCC(c2cccc(F)c2C)[C@H](C(=C)C(=C)C)C1. The number of rotatable bonds is 6. The van der Waals surface area contributed by atoms with Gasteiger partial charge < -0.3 is 0 Å². The van der Waals surface area contributed by atoms with Gasteiger partial charge >= 0.3 is 0 Å². The third-order valence-corrected chi connectivity index (χ3v) is 5.74. The minimum atomic E-state index is -0.103. The predicted octanol–water partition coefficient (Wildman–Crippen LogP) is 7.12. The molecule has 1 aliphatic carbocycles. The van der Waals surface area contributed by atoms with Gasteiger partial charge in [-0.25, -0.2) is 4.39 Å². The summed E-state index contributed by atoms with van der Waals surface area (Å²) in [5.41, 5.74) is 5.46. The van der Waals surface area contributed by atoms with Gasteiger partial charge in [-0.3, -0.25) is 0 Å². The third-order valence-electron chi connectivity index (χ3n) is 5.74. The Kier molecular flexibility index (Phi) is 6.21. The molecule has 2 rings (SSSR count). The summed E-state index contributed by atoms with van der Waals surface area (Å²) in [5.74, 6) is 1.25. The van der Waals surface area contributed by atoms with Crippen molar-refractivity contribution in [2.45, 2.75) is 58.8 Å². The summed E-state index contributed by atoms with van der Waals surface area (Å²) in [5, 5.41) is 0. The van der Waals surface area contributed by atoms with Crippen molar-refractivity contribution < 1.29 is 4.39 Å². The van der Waals surface area contributed by atoms with E-state index in [2.05, 4.69) is 32.7 Å². The number of halogens is 1. The summed E-state index contributed by atoms with van der Waals surface area (Å²) >= 11 is 0. The summed E-state index contributed by atoms with van der Waals surface area (Å²) in [6.45, 7) is 18.7. The molecule has 0 spiro atoms. The largest absolute Gasteiger partial charge is 0.207 e. The first kappa shape index (κ1) is 18.7. The highest BCUT2D eigenvalue weighted by atomic mass is 19.1. The maximum atomic E-state index is 14.1. The van der Waals surface area contributed by atoms with Gasteiger partial charge in [0.2, 0.25) is 0 Å². The molecule has 0 bridgehead atoms. The van der Waals surface area contributed by atoms with Crippen molar-refractivity contribution in [2.75, 3.05) is 0 Å². The molecule has 2 unspecified atom stereocenters. The molecule has 0 N–H and O–H groups in total. The Hall–Kier alpha value is -1.63. The van der Waals surface area contributed by atoms with Gasteiger partial charge in [0, 0.05) is 0 Å². The molecule has 24 heavy (non-hydrogen) atoms. The van der Waals surface area contributed by atoms with Gasteiger partial charge in [-0.05, 0) is 86.5 Å². The zero-order chi connectivity index (χ0) is 17.9. The molecular formula is C23H31F. The normalized spacial score (nSPS) is 23.8. The lowest BCUT2D eigenvalue weighted by atomic mass is 9.66. The highest BCUT2D eigenvalue weighted by molar-refractivity contribution is 5.36. The van der Waals surface area contributed by atoms with E-state index in [9.17, 15) is 4.39 Å². The van der Waals surface area contributed by atoms with Crippen LogP contribution in [0.4, 0.5) is 4.39 Å². The van der Waals surface area contributed by atoms with E-state index >= 15 is 0 Å². The lowest BCUT2D eigenvalue weighted by Gasteiger charge is -2.39. The molecule has 0 saturated heterocycles. The predicted molar refractivity (Wildman–Crippen MR) is 103 cm³/mol. The fourth-order valence-electron chi connectivity index (χ4n) is 4.10. The molecular weight excluding hydrogens is 295 g/mol. The van der Waals surface area contributed by atoms with E-state index in [0.29, 0.717) is 17.8 Å². The van der Waals surface area contributed by atoms with Crippen LogP contribution in [0.2, 0.25) is 0 Å².